The van der Waals surface area contributed by atoms with Crippen LogP contribution in [0.15, 0.2) is 128 Å². The Morgan fingerprint density at radius 3 is 1.27 bits per heavy atom. The van der Waals surface area contributed by atoms with Crippen LogP contribution in [0, 0.1) is 0 Å². The van der Waals surface area contributed by atoms with Gasteiger partial charge in [0.15, 0.2) is 0 Å². The molecule has 5 aromatic rings. The summed E-state index contributed by atoms with van der Waals surface area (Å²) in [5, 5.41) is 0. The second kappa shape index (κ2) is 9.10. The molecule has 1 heteroatoms. The molecule has 0 aliphatic heterocycles. The second-order valence-corrected chi connectivity index (χ2v) is 8.18. The van der Waals surface area contributed by atoms with Gasteiger partial charge in [0, 0.05) is 22.3 Å². The summed E-state index contributed by atoms with van der Waals surface area (Å²) in [5.74, 6) is 0. The van der Waals surface area contributed by atoms with Crippen molar-refractivity contribution in [2.24, 2.45) is 0 Å². The fourth-order valence-corrected chi connectivity index (χ4v) is 4.36. The Bertz CT molecular complexity index is 1390. The van der Waals surface area contributed by atoms with Gasteiger partial charge in [0.1, 0.15) is 0 Å². The first-order valence-corrected chi connectivity index (χ1v) is 11.2. The van der Waals surface area contributed by atoms with Gasteiger partial charge in [-0.15, -0.1) is 0 Å². The van der Waals surface area contributed by atoms with Crippen molar-refractivity contribution in [2.75, 3.05) is 0 Å². The molecule has 0 N–H and O–H groups in total. The van der Waals surface area contributed by atoms with E-state index in [4.69, 9.17) is 4.98 Å². The van der Waals surface area contributed by atoms with Gasteiger partial charge in [0.2, 0.25) is 0 Å². The summed E-state index contributed by atoms with van der Waals surface area (Å²) < 4.78 is 0. The lowest BCUT2D eigenvalue weighted by atomic mass is 9.83. The second-order valence-electron chi connectivity index (χ2n) is 8.18. The molecule has 0 fully saturated rings. The first-order valence-electron chi connectivity index (χ1n) is 11.2. The molecule has 0 saturated heterocycles. The van der Waals surface area contributed by atoms with E-state index in [0.29, 0.717) is 0 Å². The summed E-state index contributed by atoms with van der Waals surface area (Å²) in [6.45, 7) is 6.36. The largest absolute Gasteiger partial charge is 0.247 e. The molecule has 0 bridgehead atoms. The van der Waals surface area contributed by atoms with Crippen molar-refractivity contribution in [1.29, 1.82) is 0 Å². The highest BCUT2D eigenvalue weighted by Gasteiger charge is 2.24. The fourth-order valence-electron chi connectivity index (χ4n) is 4.36. The predicted molar refractivity (Wildman–Crippen MR) is 141 cm³/mol. The van der Waals surface area contributed by atoms with E-state index in [1.807, 2.05) is 13.0 Å². The maximum absolute atomic E-state index is 5.28. The van der Waals surface area contributed by atoms with Crippen LogP contribution in [0.2, 0.25) is 0 Å². The van der Waals surface area contributed by atoms with E-state index < -0.39 is 0 Å². The first-order chi connectivity index (χ1) is 16.2. The van der Waals surface area contributed by atoms with E-state index in [1.165, 1.54) is 5.56 Å². The van der Waals surface area contributed by atoms with Crippen molar-refractivity contribution in [2.45, 2.75) is 6.92 Å². The lowest BCUT2D eigenvalue weighted by Gasteiger charge is -2.23. The molecule has 1 heterocycles. The van der Waals surface area contributed by atoms with Gasteiger partial charge in [-0.1, -0.05) is 128 Å². The molecule has 0 amide bonds. The fraction of sp³-hybridized carbons (Fsp3) is 0.0312. The first kappa shape index (κ1) is 20.7. The number of pyridine rings is 1. The van der Waals surface area contributed by atoms with E-state index in [1.54, 1.807) is 0 Å². The Morgan fingerprint density at radius 2 is 0.848 bits per heavy atom. The highest BCUT2D eigenvalue weighted by molar-refractivity contribution is 6.03. The molecule has 158 valence electrons. The van der Waals surface area contributed by atoms with Crippen LogP contribution in [0.3, 0.4) is 0 Å². The molecule has 0 aliphatic carbocycles. The minimum atomic E-state index is 0.929. The average Bonchev–Trinajstić information content (AvgIpc) is 2.89. The van der Waals surface area contributed by atoms with Crippen molar-refractivity contribution in [1.82, 2.24) is 4.98 Å². The lowest BCUT2D eigenvalue weighted by molar-refractivity contribution is 1.27. The van der Waals surface area contributed by atoms with Crippen molar-refractivity contribution in [3.05, 3.63) is 134 Å². The van der Waals surface area contributed by atoms with Crippen molar-refractivity contribution >= 4 is 5.57 Å². The Morgan fingerprint density at radius 1 is 0.485 bits per heavy atom. The molecule has 0 unspecified atom stereocenters. The van der Waals surface area contributed by atoms with Gasteiger partial charge in [0.25, 0.3) is 0 Å². The van der Waals surface area contributed by atoms with Crippen molar-refractivity contribution in [3.63, 3.8) is 0 Å². The molecular weight excluding hydrogens is 398 g/mol. The van der Waals surface area contributed by atoms with Crippen LogP contribution >= 0.6 is 0 Å². The third kappa shape index (κ3) is 4.02. The van der Waals surface area contributed by atoms with E-state index in [9.17, 15) is 0 Å². The smallest absolute Gasteiger partial charge is 0.0794 e. The SMILES string of the molecule is C=C(C)c1nc(-c2ccccc2)c(-c2ccccc2)c(-c2ccccc2)c1-c1ccccc1. The van der Waals surface area contributed by atoms with Gasteiger partial charge >= 0.3 is 0 Å². The molecule has 0 spiro atoms. The molecule has 4 aromatic carbocycles. The zero-order valence-electron chi connectivity index (χ0n) is 18.7. The van der Waals surface area contributed by atoms with Crippen LogP contribution in [0.1, 0.15) is 12.6 Å². The Kier molecular flexibility index (Phi) is 5.70. The Balaban J connectivity index is 2.01. The van der Waals surface area contributed by atoms with Gasteiger partial charge in [-0.3, -0.25) is 0 Å². The third-order valence-corrected chi connectivity index (χ3v) is 5.84. The normalized spacial score (nSPS) is 10.7. The molecule has 0 radical (unpaired) electrons. The van der Waals surface area contributed by atoms with Crippen LogP contribution in [0.5, 0.6) is 0 Å². The summed E-state index contributed by atoms with van der Waals surface area (Å²) >= 11 is 0. The molecule has 0 aliphatic rings. The zero-order valence-corrected chi connectivity index (χ0v) is 18.7. The van der Waals surface area contributed by atoms with Gasteiger partial charge < -0.3 is 0 Å². The van der Waals surface area contributed by atoms with Crippen molar-refractivity contribution in [3.8, 4) is 44.6 Å². The molecule has 1 nitrogen and oxygen atoms in total. The zero-order chi connectivity index (χ0) is 22.6. The summed E-state index contributed by atoms with van der Waals surface area (Å²) in [4.78, 5) is 5.28. The highest BCUT2D eigenvalue weighted by atomic mass is 14.7. The molecule has 1 aromatic heterocycles. The van der Waals surface area contributed by atoms with Crippen LogP contribution in [-0.4, -0.2) is 4.98 Å². The summed E-state index contributed by atoms with van der Waals surface area (Å²) in [5.41, 5.74) is 10.8. The molecule has 0 saturated carbocycles. The number of hydrogen-bond donors (Lipinski definition) is 0. The van der Waals surface area contributed by atoms with E-state index in [0.717, 1.165) is 50.3 Å². The monoisotopic (exact) mass is 423 g/mol. The number of hydrogen-bond acceptors (Lipinski definition) is 1. The van der Waals surface area contributed by atoms with Crippen LogP contribution in [-0.2, 0) is 0 Å². The van der Waals surface area contributed by atoms with Gasteiger partial charge in [-0.25, -0.2) is 4.98 Å². The van der Waals surface area contributed by atoms with E-state index in [2.05, 4.69) is 122 Å². The van der Waals surface area contributed by atoms with E-state index in [-0.39, 0.29) is 0 Å². The third-order valence-electron chi connectivity index (χ3n) is 5.84. The standard InChI is InChI=1S/C32H25N/c1-23(2)31-29(25-17-9-4-10-18-25)28(24-15-7-3-8-16-24)30(26-19-11-5-12-20-26)32(33-31)27-21-13-6-14-22-27/h3-22H,1H2,2H3. The number of allylic oxidation sites excluding steroid dienone is 1. The highest BCUT2D eigenvalue weighted by Crippen LogP contribution is 2.47. The van der Waals surface area contributed by atoms with Crippen LogP contribution in [0.25, 0.3) is 50.2 Å². The van der Waals surface area contributed by atoms with Crippen LogP contribution in [0.4, 0.5) is 0 Å². The molecule has 5 rings (SSSR count). The van der Waals surface area contributed by atoms with Gasteiger partial charge in [-0.2, -0.15) is 0 Å². The van der Waals surface area contributed by atoms with E-state index >= 15 is 0 Å². The summed E-state index contributed by atoms with van der Waals surface area (Å²) in [6, 6.07) is 42.2. The molecular formula is C32H25N. The molecule has 33 heavy (non-hydrogen) atoms. The van der Waals surface area contributed by atoms with Gasteiger partial charge in [-0.05, 0) is 29.2 Å². The average molecular weight is 424 g/mol. The maximum atomic E-state index is 5.28. The number of rotatable bonds is 5. The topological polar surface area (TPSA) is 12.9 Å². The maximum Gasteiger partial charge on any atom is 0.0794 e. The minimum absolute atomic E-state index is 0.929. The number of benzene rings is 4. The quantitative estimate of drug-likeness (QED) is 0.275. The van der Waals surface area contributed by atoms with Gasteiger partial charge in [0.05, 0.1) is 11.4 Å². The Labute approximate surface area is 195 Å². The Hall–Kier alpha value is -4.23. The molecule has 0 atom stereocenters. The number of aromatic nitrogens is 1. The number of nitrogens with zero attached hydrogens (tertiary/aromatic N) is 1. The van der Waals surface area contributed by atoms with Crippen molar-refractivity contribution < 1.29 is 0 Å². The minimum Gasteiger partial charge on any atom is -0.247 e. The van der Waals surface area contributed by atoms with Crippen LogP contribution < -0.4 is 0 Å². The summed E-state index contributed by atoms with van der Waals surface area (Å²) in [6.07, 6.45) is 0. The summed E-state index contributed by atoms with van der Waals surface area (Å²) in [7, 11) is 0. The lowest BCUT2D eigenvalue weighted by Crippen LogP contribution is -2.02. The predicted octanol–water partition coefficient (Wildman–Crippen LogP) is 8.78.